The van der Waals surface area contributed by atoms with Crippen LogP contribution in [0.25, 0.3) is 0 Å². The van der Waals surface area contributed by atoms with Crippen molar-refractivity contribution < 1.29 is 19.4 Å². The van der Waals surface area contributed by atoms with E-state index in [2.05, 4.69) is 10.4 Å². The van der Waals surface area contributed by atoms with Crippen molar-refractivity contribution in [3.05, 3.63) is 52.8 Å². The number of aryl methyl sites for hydroxylation is 2. The molecule has 138 valence electrons. The zero-order valence-corrected chi connectivity index (χ0v) is 14.9. The molecule has 7 nitrogen and oxygen atoms in total. The number of benzene rings is 1. The second-order valence-corrected chi connectivity index (χ2v) is 7.02. The van der Waals surface area contributed by atoms with Gasteiger partial charge in [0.05, 0.1) is 31.5 Å². The van der Waals surface area contributed by atoms with E-state index in [0.717, 1.165) is 17.0 Å². The van der Waals surface area contributed by atoms with Crippen LogP contribution >= 0.6 is 0 Å². The molecule has 1 amide bonds. The van der Waals surface area contributed by atoms with Crippen molar-refractivity contribution in [2.24, 2.45) is 0 Å². The first-order chi connectivity index (χ1) is 12.5. The molecule has 0 aliphatic carbocycles. The fourth-order valence-electron chi connectivity index (χ4n) is 3.62. The summed E-state index contributed by atoms with van der Waals surface area (Å²) in [5, 5.41) is 17.2. The summed E-state index contributed by atoms with van der Waals surface area (Å²) in [6.45, 7) is 5.28. The van der Waals surface area contributed by atoms with Crippen molar-refractivity contribution in [3.63, 3.8) is 0 Å². The van der Waals surface area contributed by atoms with Crippen LogP contribution in [0.3, 0.4) is 0 Å². The van der Waals surface area contributed by atoms with Crippen LogP contribution < -0.4 is 5.32 Å². The Morgan fingerprint density at radius 1 is 1.23 bits per heavy atom. The van der Waals surface area contributed by atoms with Crippen molar-refractivity contribution in [2.75, 3.05) is 13.2 Å². The average Bonchev–Trinajstić information content (AvgIpc) is 3.27. The van der Waals surface area contributed by atoms with E-state index in [4.69, 9.17) is 9.47 Å². The summed E-state index contributed by atoms with van der Waals surface area (Å²) in [6.07, 6.45) is -1.24. The van der Waals surface area contributed by atoms with Crippen molar-refractivity contribution in [2.45, 2.75) is 44.7 Å². The van der Waals surface area contributed by atoms with Crippen LogP contribution in [0.1, 0.15) is 27.3 Å². The van der Waals surface area contributed by atoms with E-state index < -0.39 is 6.10 Å². The highest BCUT2D eigenvalue weighted by Gasteiger charge is 2.47. The maximum atomic E-state index is 12.5. The van der Waals surface area contributed by atoms with Gasteiger partial charge in [-0.1, -0.05) is 12.1 Å². The summed E-state index contributed by atoms with van der Waals surface area (Å²) in [5.41, 5.74) is 3.78. The minimum atomic E-state index is -0.615. The first-order valence-corrected chi connectivity index (χ1v) is 8.83. The highest BCUT2D eigenvalue weighted by atomic mass is 16.6. The Hall–Kier alpha value is -2.22. The number of aromatic nitrogens is 2. The second kappa shape index (κ2) is 6.83. The fourth-order valence-corrected chi connectivity index (χ4v) is 3.62. The Morgan fingerprint density at radius 2 is 1.96 bits per heavy atom. The normalized spacial score (nSPS) is 27.5. The predicted molar refractivity (Wildman–Crippen MR) is 94.0 cm³/mol. The lowest BCUT2D eigenvalue weighted by Crippen LogP contribution is -2.44. The number of nitrogens with zero attached hydrogens (tertiary/aromatic N) is 2. The molecule has 4 atom stereocenters. The van der Waals surface area contributed by atoms with E-state index in [0.29, 0.717) is 18.7 Å². The lowest BCUT2D eigenvalue weighted by Gasteiger charge is -2.17. The summed E-state index contributed by atoms with van der Waals surface area (Å²) < 4.78 is 13.0. The molecule has 2 aliphatic rings. The quantitative estimate of drug-likeness (QED) is 0.846. The van der Waals surface area contributed by atoms with E-state index in [-0.39, 0.29) is 30.8 Å². The molecule has 26 heavy (non-hydrogen) atoms. The third-order valence-corrected chi connectivity index (χ3v) is 5.00. The molecule has 2 fully saturated rings. The number of carbonyl (C=O) groups is 1. The molecule has 0 radical (unpaired) electrons. The molecule has 7 heteroatoms. The summed E-state index contributed by atoms with van der Waals surface area (Å²) in [7, 11) is 0. The van der Waals surface area contributed by atoms with Crippen LogP contribution in [0.2, 0.25) is 0 Å². The molecular formula is C19H23N3O4. The summed E-state index contributed by atoms with van der Waals surface area (Å²) in [6, 6.07) is 9.31. The fraction of sp³-hybridized carbons (Fsp3) is 0.474. The molecule has 2 aliphatic heterocycles. The molecule has 2 aromatic rings. The van der Waals surface area contributed by atoms with E-state index >= 15 is 0 Å². The number of hydrogen-bond donors (Lipinski definition) is 2. The van der Waals surface area contributed by atoms with Crippen LogP contribution in [0.5, 0.6) is 0 Å². The molecule has 2 N–H and O–H groups in total. The Labute approximate surface area is 151 Å². The maximum Gasteiger partial charge on any atom is 0.251 e. The Morgan fingerprint density at radius 3 is 2.65 bits per heavy atom. The lowest BCUT2D eigenvalue weighted by molar-refractivity contribution is 0.0178. The van der Waals surface area contributed by atoms with Gasteiger partial charge in [0.2, 0.25) is 0 Å². The number of aliphatic hydroxyl groups is 1. The SMILES string of the molecule is Cc1cc(C)n(Cc2ccc(C(=O)N[C@H]3CO[C@H]4[C@@H]3OC[C@H]4O)cc2)n1. The van der Waals surface area contributed by atoms with Crippen molar-refractivity contribution in [3.8, 4) is 0 Å². The number of aliphatic hydroxyl groups excluding tert-OH is 1. The van der Waals surface area contributed by atoms with Crippen molar-refractivity contribution in [1.29, 1.82) is 0 Å². The minimum absolute atomic E-state index is 0.165. The number of fused-ring (bicyclic) bond motifs is 1. The van der Waals surface area contributed by atoms with Crippen LogP contribution in [0.4, 0.5) is 0 Å². The minimum Gasteiger partial charge on any atom is -0.388 e. The average molecular weight is 357 g/mol. The van der Waals surface area contributed by atoms with Crippen LogP contribution in [-0.2, 0) is 16.0 Å². The molecule has 1 aromatic heterocycles. The third-order valence-electron chi connectivity index (χ3n) is 5.00. The molecule has 0 bridgehead atoms. The number of rotatable bonds is 4. The van der Waals surface area contributed by atoms with Gasteiger partial charge in [-0.3, -0.25) is 9.48 Å². The van der Waals surface area contributed by atoms with Gasteiger partial charge >= 0.3 is 0 Å². The maximum absolute atomic E-state index is 12.5. The van der Waals surface area contributed by atoms with Gasteiger partial charge in [0.15, 0.2) is 0 Å². The zero-order chi connectivity index (χ0) is 18.3. The Bertz CT molecular complexity index is 802. The van der Waals surface area contributed by atoms with Gasteiger partial charge in [0.25, 0.3) is 5.91 Å². The molecule has 1 aromatic carbocycles. The Kier molecular flexibility index (Phi) is 4.52. The number of amides is 1. The van der Waals surface area contributed by atoms with Gasteiger partial charge in [-0.15, -0.1) is 0 Å². The third kappa shape index (κ3) is 3.25. The van der Waals surface area contributed by atoms with Gasteiger partial charge in [0.1, 0.15) is 18.3 Å². The van der Waals surface area contributed by atoms with E-state index in [9.17, 15) is 9.90 Å². The van der Waals surface area contributed by atoms with Gasteiger partial charge in [-0.25, -0.2) is 0 Å². The standard InChI is InChI=1S/C19H23N3O4/c1-11-7-12(2)22(21-11)8-13-3-5-14(6-4-13)19(24)20-15-9-25-18-16(23)10-26-17(15)18/h3-7,15-18,23H,8-10H2,1-2H3,(H,20,24)/t15-,16+,17+,18+/m0/s1. The molecular weight excluding hydrogens is 334 g/mol. The van der Waals surface area contributed by atoms with Gasteiger partial charge in [-0.05, 0) is 37.6 Å². The predicted octanol–water partition coefficient (Wildman–Crippen LogP) is 0.805. The van der Waals surface area contributed by atoms with E-state index in [1.54, 1.807) is 0 Å². The number of carbonyl (C=O) groups excluding carboxylic acids is 1. The number of nitrogens with one attached hydrogen (secondary N) is 1. The van der Waals surface area contributed by atoms with Gasteiger partial charge < -0.3 is 19.9 Å². The monoisotopic (exact) mass is 357 g/mol. The first-order valence-electron chi connectivity index (χ1n) is 8.83. The number of hydrogen-bond acceptors (Lipinski definition) is 5. The molecule has 0 spiro atoms. The molecule has 0 saturated carbocycles. The largest absolute Gasteiger partial charge is 0.388 e. The van der Waals surface area contributed by atoms with Crippen LogP contribution in [-0.4, -0.2) is 58.4 Å². The summed E-state index contributed by atoms with van der Waals surface area (Å²) in [4.78, 5) is 12.5. The van der Waals surface area contributed by atoms with Gasteiger partial charge in [-0.2, -0.15) is 5.10 Å². The summed E-state index contributed by atoms with van der Waals surface area (Å²) >= 11 is 0. The highest BCUT2D eigenvalue weighted by Crippen LogP contribution is 2.27. The molecule has 0 unspecified atom stereocenters. The Balaban J connectivity index is 1.39. The highest BCUT2D eigenvalue weighted by molar-refractivity contribution is 5.94. The second-order valence-electron chi connectivity index (χ2n) is 7.02. The van der Waals surface area contributed by atoms with E-state index in [1.807, 2.05) is 48.9 Å². The molecule has 3 heterocycles. The zero-order valence-electron chi connectivity index (χ0n) is 14.9. The summed E-state index contributed by atoms with van der Waals surface area (Å²) in [5.74, 6) is -0.165. The number of ether oxygens (including phenoxy) is 2. The lowest BCUT2D eigenvalue weighted by atomic mass is 10.1. The van der Waals surface area contributed by atoms with Crippen LogP contribution in [0, 0.1) is 13.8 Å². The molecule has 2 saturated heterocycles. The smallest absolute Gasteiger partial charge is 0.251 e. The van der Waals surface area contributed by atoms with Gasteiger partial charge in [0, 0.05) is 11.3 Å². The van der Waals surface area contributed by atoms with Crippen molar-refractivity contribution in [1.82, 2.24) is 15.1 Å². The topological polar surface area (TPSA) is 85.6 Å². The van der Waals surface area contributed by atoms with Crippen LogP contribution in [0.15, 0.2) is 30.3 Å². The van der Waals surface area contributed by atoms with E-state index in [1.165, 1.54) is 0 Å². The van der Waals surface area contributed by atoms with Crippen molar-refractivity contribution >= 4 is 5.91 Å². The molecule has 4 rings (SSSR count). The first kappa shape index (κ1) is 17.2.